The van der Waals surface area contributed by atoms with E-state index in [2.05, 4.69) is 214 Å². The molecule has 0 aliphatic carbocycles. The second-order valence-corrected chi connectivity index (χ2v) is 22.9. The van der Waals surface area contributed by atoms with Crippen LogP contribution in [0.3, 0.4) is 0 Å². The standard InChI is InChI=1S/C45H29N5.C39H25N5/c1-3-10-30(11-4-1)43-29-44(50-45(49-43)33-12-5-2-6-13-33)36-15-9-14-34(26-36)35-19-17-31-21-23-38(47-41(31)27-35)37-20-18-32-22-24-40(48-42(32)28-37)39-16-7-8-25-46-39;1-2-18-42-36(7-1)37-15-13-27-9-11-29(23-39(27)44-37)35-14-12-26-8-10-28(22-38(26)43-35)32-19-33(30-5-3-16-40-24-30)21-34(20-32)31-6-4-17-41-25-31/h1-29H;1-25H. The first-order chi connectivity index (χ1) is 46.5. The summed E-state index contributed by atoms with van der Waals surface area (Å²) >= 11 is 0. The SMILES string of the molecule is c1ccc(-c2cc(-c3cccc(-c4ccc5ccc(-c6ccc7ccc(-c8ccccn8)nc7c6)nc5c4)c3)nc(-c3ccccc3)n2)cc1.c1ccc(-c2ccc3ccc(-c4ccc5ccc(-c6cc(-c7cccnc7)cc(-c7cccnc7)c6)cc5n4)cc3n2)nc1. The third kappa shape index (κ3) is 11.9. The van der Waals surface area contributed by atoms with Gasteiger partial charge in [0.25, 0.3) is 0 Å². The first kappa shape index (κ1) is 56.3. The van der Waals surface area contributed by atoms with Crippen molar-refractivity contribution in [1.29, 1.82) is 0 Å². The summed E-state index contributed by atoms with van der Waals surface area (Å²) in [4.78, 5) is 47.7. The summed E-state index contributed by atoms with van der Waals surface area (Å²) in [6.45, 7) is 0. The van der Waals surface area contributed by atoms with Crippen molar-refractivity contribution in [2.24, 2.45) is 0 Å². The monoisotopic (exact) mass is 1200 g/mol. The minimum absolute atomic E-state index is 0.701. The molecule has 0 saturated carbocycles. The van der Waals surface area contributed by atoms with E-state index < -0.39 is 0 Å². The first-order valence-electron chi connectivity index (χ1n) is 31.0. The predicted molar refractivity (Wildman–Crippen MR) is 381 cm³/mol. The molecule has 0 aliphatic heterocycles. The van der Waals surface area contributed by atoms with E-state index in [0.29, 0.717) is 5.82 Å². The highest BCUT2D eigenvalue weighted by molar-refractivity contribution is 5.93. The largest absolute Gasteiger partial charge is 0.264 e. The van der Waals surface area contributed by atoms with Crippen LogP contribution in [0, 0.1) is 0 Å². The van der Waals surface area contributed by atoms with Crippen molar-refractivity contribution in [2.45, 2.75) is 0 Å². The molecule has 0 fully saturated rings. The van der Waals surface area contributed by atoms with Crippen LogP contribution >= 0.6 is 0 Å². The lowest BCUT2D eigenvalue weighted by molar-refractivity contribution is 1.18. The molecule has 8 aromatic carbocycles. The number of aromatic nitrogens is 10. The van der Waals surface area contributed by atoms with Gasteiger partial charge >= 0.3 is 0 Å². The molecular formula is C84H54N10. The van der Waals surface area contributed by atoms with Gasteiger partial charge in [0.2, 0.25) is 0 Å². The molecule has 440 valence electrons. The third-order valence-electron chi connectivity index (χ3n) is 16.8. The highest BCUT2D eigenvalue weighted by atomic mass is 14.9. The van der Waals surface area contributed by atoms with Gasteiger partial charge in [0.15, 0.2) is 5.82 Å². The van der Waals surface area contributed by atoms with E-state index in [1.807, 2.05) is 109 Å². The summed E-state index contributed by atoms with van der Waals surface area (Å²) in [5, 5.41) is 4.33. The lowest BCUT2D eigenvalue weighted by Gasteiger charge is -2.12. The Balaban J connectivity index is 0.000000150. The van der Waals surface area contributed by atoms with Gasteiger partial charge < -0.3 is 0 Å². The van der Waals surface area contributed by atoms with Crippen LogP contribution in [-0.4, -0.2) is 49.8 Å². The van der Waals surface area contributed by atoms with Crippen LogP contribution in [0.15, 0.2) is 328 Å². The summed E-state index contributed by atoms with van der Waals surface area (Å²) < 4.78 is 0. The van der Waals surface area contributed by atoms with Crippen molar-refractivity contribution in [3.63, 3.8) is 0 Å². The predicted octanol–water partition coefficient (Wildman–Crippen LogP) is 20.3. The molecule has 0 unspecified atom stereocenters. The van der Waals surface area contributed by atoms with E-state index in [9.17, 15) is 0 Å². The van der Waals surface area contributed by atoms with Gasteiger partial charge in [0.05, 0.1) is 67.6 Å². The maximum Gasteiger partial charge on any atom is 0.160 e. The van der Waals surface area contributed by atoms with Gasteiger partial charge in [-0.25, -0.2) is 29.9 Å². The fourth-order valence-electron chi connectivity index (χ4n) is 11.9. The van der Waals surface area contributed by atoms with E-state index in [1.54, 1.807) is 24.8 Å². The quantitative estimate of drug-likeness (QED) is 0.123. The topological polar surface area (TPSA) is 129 Å². The van der Waals surface area contributed by atoms with Gasteiger partial charge in [0, 0.05) is 97.7 Å². The minimum Gasteiger partial charge on any atom is -0.264 e. The molecule has 0 radical (unpaired) electrons. The zero-order valence-corrected chi connectivity index (χ0v) is 50.6. The Bertz CT molecular complexity index is 5490. The molecule has 0 saturated heterocycles. The molecule has 17 aromatic rings. The van der Waals surface area contributed by atoms with Crippen LogP contribution in [0.4, 0.5) is 0 Å². The molecule has 0 atom stereocenters. The van der Waals surface area contributed by atoms with Crippen LogP contribution in [0.2, 0.25) is 0 Å². The Hall–Kier alpha value is -12.9. The summed E-state index contributed by atoms with van der Waals surface area (Å²) in [5.74, 6) is 0.701. The Morgan fingerprint density at radius 1 is 0.170 bits per heavy atom. The van der Waals surface area contributed by atoms with Crippen molar-refractivity contribution in [2.75, 3.05) is 0 Å². The maximum absolute atomic E-state index is 5.13. The molecule has 0 aliphatic rings. The Kier molecular flexibility index (Phi) is 15.1. The summed E-state index contributed by atoms with van der Waals surface area (Å²) in [6.07, 6.45) is 11.0. The lowest BCUT2D eigenvalue weighted by atomic mass is 9.94. The molecule has 9 heterocycles. The summed E-state index contributed by atoms with van der Waals surface area (Å²) in [7, 11) is 0. The van der Waals surface area contributed by atoms with Crippen LogP contribution in [0.5, 0.6) is 0 Å². The van der Waals surface area contributed by atoms with Crippen LogP contribution in [0.25, 0.3) is 167 Å². The van der Waals surface area contributed by atoms with Gasteiger partial charge in [-0.05, 0) is 149 Å². The van der Waals surface area contributed by atoms with E-state index in [0.717, 1.165) is 161 Å². The Morgan fingerprint density at radius 3 is 1.00 bits per heavy atom. The number of pyridine rings is 8. The Labute approximate surface area is 542 Å². The maximum atomic E-state index is 5.13. The van der Waals surface area contributed by atoms with Gasteiger partial charge in [-0.15, -0.1) is 0 Å². The first-order valence-corrected chi connectivity index (χ1v) is 31.0. The second kappa shape index (κ2) is 25.2. The molecule has 10 heteroatoms. The van der Waals surface area contributed by atoms with Crippen LogP contribution in [0.1, 0.15) is 0 Å². The van der Waals surface area contributed by atoms with Crippen molar-refractivity contribution >= 4 is 43.6 Å². The summed E-state index contributed by atoms with van der Waals surface area (Å²) in [5.41, 5.74) is 24.5. The second-order valence-electron chi connectivity index (χ2n) is 22.9. The van der Waals surface area contributed by atoms with Crippen LogP contribution < -0.4 is 0 Å². The molecule has 0 bridgehead atoms. The average molecular weight is 1200 g/mol. The lowest BCUT2D eigenvalue weighted by Crippen LogP contribution is -1.96. The zero-order chi connectivity index (χ0) is 62.6. The molecule has 10 nitrogen and oxygen atoms in total. The van der Waals surface area contributed by atoms with Crippen molar-refractivity contribution in [1.82, 2.24) is 49.8 Å². The fourth-order valence-corrected chi connectivity index (χ4v) is 11.9. The van der Waals surface area contributed by atoms with Gasteiger partial charge in [0.1, 0.15) is 0 Å². The van der Waals surface area contributed by atoms with E-state index >= 15 is 0 Å². The Morgan fingerprint density at radius 2 is 0.521 bits per heavy atom. The molecular weight excluding hydrogens is 1150 g/mol. The molecule has 0 amide bonds. The molecule has 0 spiro atoms. The number of rotatable bonds is 11. The zero-order valence-electron chi connectivity index (χ0n) is 50.6. The summed E-state index contributed by atoms with van der Waals surface area (Å²) in [6, 6.07) is 99.8. The smallest absolute Gasteiger partial charge is 0.160 e. The normalized spacial score (nSPS) is 11.2. The molecule has 0 N–H and O–H groups in total. The number of benzene rings is 8. The van der Waals surface area contributed by atoms with E-state index in [-0.39, 0.29) is 0 Å². The van der Waals surface area contributed by atoms with Crippen LogP contribution in [-0.2, 0) is 0 Å². The molecule has 9 aromatic heterocycles. The van der Waals surface area contributed by atoms with Gasteiger partial charge in [-0.2, -0.15) is 0 Å². The number of hydrogen-bond donors (Lipinski definition) is 0. The molecule has 94 heavy (non-hydrogen) atoms. The van der Waals surface area contributed by atoms with Gasteiger partial charge in [-0.3, -0.25) is 19.9 Å². The average Bonchev–Trinajstić information content (AvgIpc) is 0.866. The van der Waals surface area contributed by atoms with E-state index in [1.165, 1.54) is 0 Å². The minimum atomic E-state index is 0.701. The van der Waals surface area contributed by atoms with Gasteiger partial charge in [-0.1, -0.05) is 176 Å². The van der Waals surface area contributed by atoms with Crippen molar-refractivity contribution in [3.8, 4) is 124 Å². The number of hydrogen-bond acceptors (Lipinski definition) is 10. The highest BCUT2D eigenvalue weighted by Crippen LogP contribution is 2.37. The highest BCUT2D eigenvalue weighted by Gasteiger charge is 2.15. The van der Waals surface area contributed by atoms with Crippen molar-refractivity contribution in [3.05, 3.63) is 328 Å². The van der Waals surface area contributed by atoms with Crippen molar-refractivity contribution < 1.29 is 0 Å². The third-order valence-corrected chi connectivity index (χ3v) is 16.8. The molecule has 17 rings (SSSR count). The van der Waals surface area contributed by atoms with E-state index in [4.69, 9.17) is 29.9 Å². The number of fused-ring (bicyclic) bond motifs is 4. The number of nitrogens with zero attached hydrogens (tertiary/aromatic N) is 10. The fraction of sp³-hybridized carbons (Fsp3) is 0.